The van der Waals surface area contributed by atoms with Gasteiger partial charge in [-0.2, -0.15) is 0 Å². The van der Waals surface area contributed by atoms with Crippen molar-refractivity contribution in [2.75, 3.05) is 19.6 Å². The van der Waals surface area contributed by atoms with Crippen LogP contribution in [0.5, 0.6) is 0 Å². The van der Waals surface area contributed by atoms with E-state index in [4.69, 9.17) is 0 Å². The summed E-state index contributed by atoms with van der Waals surface area (Å²) in [6, 6.07) is 4.17. The van der Waals surface area contributed by atoms with Crippen molar-refractivity contribution in [3.8, 4) is 0 Å². The highest BCUT2D eigenvalue weighted by Gasteiger charge is 2.29. The third-order valence-electron chi connectivity index (χ3n) is 4.63. The molecule has 1 aromatic rings. The van der Waals surface area contributed by atoms with Crippen molar-refractivity contribution >= 4 is 12.1 Å². The van der Waals surface area contributed by atoms with Crippen molar-refractivity contribution in [1.29, 1.82) is 0 Å². The number of urea groups is 2. The average Bonchev–Trinajstić information content (AvgIpc) is 3.15. The van der Waals surface area contributed by atoms with E-state index < -0.39 is 0 Å². The predicted molar refractivity (Wildman–Crippen MR) is 88.2 cm³/mol. The summed E-state index contributed by atoms with van der Waals surface area (Å²) in [5.41, 5.74) is 1.95. The molecule has 4 amide bonds. The van der Waals surface area contributed by atoms with Crippen molar-refractivity contribution in [1.82, 2.24) is 20.9 Å². The third kappa shape index (κ3) is 3.60. The van der Waals surface area contributed by atoms with Crippen LogP contribution in [0.4, 0.5) is 14.0 Å². The molecular formula is C17H23FN4O2. The number of benzene rings is 1. The number of hydrogen-bond acceptors (Lipinski definition) is 2. The minimum atomic E-state index is -0.281. The lowest BCUT2D eigenvalue weighted by Crippen LogP contribution is -2.45. The second-order valence-corrected chi connectivity index (χ2v) is 6.32. The van der Waals surface area contributed by atoms with Gasteiger partial charge in [0.15, 0.2) is 0 Å². The van der Waals surface area contributed by atoms with Crippen molar-refractivity contribution in [3.63, 3.8) is 0 Å². The normalized spacial score (nSPS) is 22.2. The van der Waals surface area contributed by atoms with E-state index in [-0.39, 0.29) is 30.0 Å². The van der Waals surface area contributed by atoms with Crippen molar-refractivity contribution in [2.45, 2.75) is 38.3 Å². The molecule has 1 aliphatic heterocycles. The molecule has 0 bridgehead atoms. The topological polar surface area (TPSA) is 73.5 Å². The second kappa shape index (κ2) is 7.07. The number of amides is 4. The summed E-state index contributed by atoms with van der Waals surface area (Å²) in [6.07, 6.45) is 2.36. The zero-order chi connectivity index (χ0) is 17.1. The molecule has 2 aliphatic rings. The number of nitrogens with one attached hydrogen (secondary N) is 3. The Hall–Kier alpha value is -2.31. The number of carbonyl (C=O) groups excluding carboxylic acids is 2. The number of aryl methyl sites for hydroxylation is 1. The number of likely N-dealkylation sites (tertiary alicyclic amines) is 1. The first-order valence-corrected chi connectivity index (χ1v) is 8.45. The van der Waals surface area contributed by atoms with Gasteiger partial charge >= 0.3 is 12.1 Å². The predicted octanol–water partition coefficient (Wildman–Crippen LogP) is 1.92. The van der Waals surface area contributed by atoms with Crippen LogP contribution in [0.2, 0.25) is 0 Å². The van der Waals surface area contributed by atoms with Gasteiger partial charge in [-0.3, -0.25) is 0 Å². The Kier molecular flexibility index (Phi) is 4.87. The van der Waals surface area contributed by atoms with Gasteiger partial charge in [0.05, 0.1) is 6.04 Å². The Morgan fingerprint density at radius 3 is 2.92 bits per heavy atom. The molecule has 3 N–H and O–H groups in total. The van der Waals surface area contributed by atoms with Gasteiger partial charge in [0.25, 0.3) is 0 Å². The minimum Gasteiger partial charge on any atom is -0.338 e. The van der Waals surface area contributed by atoms with Crippen LogP contribution in [0, 0.1) is 5.82 Å². The van der Waals surface area contributed by atoms with Gasteiger partial charge in [0.2, 0.25) is 0 Å². The van der Waals surface area contributed by atoms with E-state index in [2.05, 4.69) is 16.0 Å². The molecule has 2 atom stereocenters. The smallest absolute Gasteiger partial charge is 0.317 e. The molecule has 1 heterocycles. The zero-order valence-corrected chi connectivity index (χ0v) is 13.8. The Morgan fingerprint density at radius 1 is 1.29 bits per heavy atom. The molecule has 0 spiro atoms. The van der Waals surface area contributed by atoms with Crippen LogP contribution in [0.3, 0.4) is 0 Å². The highest BCUT2D eigenvalue weighted by Crippen LogP contribution is 2.31. The maximum Gasteiger partial charge on any atom is 0.317 e. The molecule has 24 heavy (non-hydrogen) atoms. The maximum absolute atomic E-state index is 13.4. The lowest BCUT2D eigenvalue weighted by molar-refractivity contribution is 0.207. The third-order valence-corrected chi connectivity index (χ3v) is 4.63. The number of hydrogen-bond donors (Lipinski definition) is 3. The molecule has 1 aliphatic carbocycles. The van der Waals surface area contributed by atoms with Crippen LogP contribution >= 0.6 is 0 Å². The summed E-state index contributed by atoms with van der Waals surface area (Å²) >= 11 is 0. The van der Waals surface area contributed by atoms with E-state index in [1.807, 2.05) is 6.92 Å². The van der Waals surface area contributed by atoms with Crippen molar-refractivity contribution < 1.29 is 14.0 Å². The van der Waals surface area contributed by atoms with Gasteiger partial charge in [-0.05, 0) is 49.4 Å². The summed E-state index contributed by atoms with van der Waals surface area (Å²) < 4.78 is 13.4. The Balaban J connectivity index is 1.51. The number of halogens is 1. The number of nitrogens with zero attached hydrogens (tertiary/aromatic N) is 1. The van der Waals surface area contributed by atoms with Crippen molar-refractivity contribution in [3.05, 3.63) is 35.1 Å². The molecule has 1 saturated heterocycles. The first-order chi connectivity index (χ1) is 11.6. The molecule has 130 valence electrons. The van der Waals surface area contributed by atoms with Crippen LogP contribution in [-0.4, -0.2) is 42.6 Å². The first kappa shape index (κ1) is 16.5. The standard InChI is InChI=1S/C17H23FN4O2/c1-2-19-17(24)22-8-7-13(10-22)20-16(23)21-15-6-4-11-3-5-12(18)9-14(11)15/h3,5,9,13,15H,2,4,6-8,10H2,1H3,(H,19,24)(H2,20,21,23). The van der Waals surface area contributed by atoms with E-state index in [0.717, 1.165) is 30.4 Å². The van der Waals surface area contributed by atoms with E-state index in [1.54, 1.807) is 11.0 Å². The zero-order valence-electron chi connectivity index (χ0n) is 13.8. The van der Waals surface area contributed by atoms with E-state index in [1.165, 1.54) is 12.1 Å². The highest BCUT2D eigenvalue weighted by atomic mass is 19.1. The van der Waals surface area contributed by atoms with Gasteiger partial charge < -0.3 is 20.9 Å². The van der Waals surface area contributed by atoms with Crippen molar-refractivity contribution in [2.24, 2.45) is 0 Å². The Bertz CT molecular complexity index is 637. The van der Waals surface area contributed by atoms with Crippen LogP contribution in [0.15, 0.2) is 18.2 Å². The Labute approximate surface area is 140 Å². The molecule has 0 saturated carbocycles. The molecule has 3 rings (SSSR count). The summed E-state index contributed by atoms with van der Waals surface area (Å²) in [5.74, 6) is -0.281. The average molecular weight is 334 g/mol. The molecule has 0 radical (unpaired) electrons. The van der Waals surface area contributed by atoms with Gasteiger partial charge in [-0.1, -0.05) is 6.07 Å². The molecule has 2 unspecified atom stereocenters. The SMILES string of the molecule is CCNC(=O)N1CCC(NC(=O)NC2CCc3ccc(F)cc32)C1. The lowest BCUT2D eigenvalue weighted by atomic mass is 10.1. The summed E-state index contributed by atoms with van der Waals surface area (Å²) in [4.78, 5) is 25.7. The molecule has 1 fully saturated rings. The molecule has 1 aromatic carbocycles. The maximum atomic E-state index is 13.4. The van der Waals surface area contributed by atoms with Gasteiger partial charge in [-0.25, -0.2) is 14.0 Å². The minimum absolute atomic E-state index is 0.0546. The van der Waals surface area contributed by atoms with Crippen LogP contribution in [0.25, 0.3) is 0 Å². The van der Waals surface area contributed by atoms with E-state index >= 15 is 0 Å². The number of fused-ring (bicyclic) bond motifs is 1. The van der Waals surface area contributed by atoms with Gasteiger partial charge in [0, 0.05) is 25.7 Å². The van der Waals surface area contributed by atoms with Crippen LogP contribution in [-0.2, 0) is 6.42 Å². The fourth-order valence-corrected chi connectivity index (χ4v) is 3.43. The fourth-order valence-electron chi connectivity index (χ4n) is 3.43. The molecular weight excluding hydrogens is 311 g/mol. The number of carbonyl (C=O) groups is 2. The monoisotopic (exact) mass is 334 g/mol. The van der Waals surface area contributed by atoms with Crippen LogP contribution in [0.1, 0.15) is 36.9 Å². The summed E-state index contributed by atoms with van der Waals surface area (Å²) in [6.45, 7) is 3.61. The van der Waals surface area contributed by atoms with E-state index in [9.17, 15) is 14.0 Å². The molecule has 0 aromatic heterocycles. The first-order valence-electron chi connectivity index (χ1n) is 8.45. The molecule has 6 nitrogen and oxygen atoms in total. The number of rotatable bonds is 3. The lowest BCUT2D eigenvalue weighted by Gasteiger charge is -2.19. The second-order valence-electron chi connectivity index (χ2n) is 6.32. The highest BCUT2D eigenvalue weighted by molar-refractivity contribution is 5.76. The van der Waals surface area contributed by atoms with Crippen LogP contribution < -0.4 is 16.0 Å². The largest absolute Gasteiger partial charge is 0.338 e. The van der Waals surface area contributed by atoms with Gasteiger partial charge in [-0.15, -0.1) is 0 Å². The molecule has 7 heteroatoms. The summed E-state index contributed by atoms with van der Waals surface area (Å²) in [5, 5.41) is 8.59. The fraction of sp³-hybridized carbons (Fsp3) is 0.529. The quantitative estimate of drug-likeness (QED) is 0.790. The van der Waals surface area contributed by atoms with Gasteiger partial charge in [0.1, 0.15) is 5.82 Å². The Morgan fingerprint density at radius 2 is 2.12 bits per heavy atom. The van der Waals surface area contributed by atoms with E-state index in [0.29, 0.717) is 19.6 Å². The summed E-state index contributed by atoms with van der Waals surface area (Å²) in [7, 11) is 0.